The molecule has 0 aliphatic heterocycles. The summed E-state index contributed by atoms with van der Waals surface area (Å²) < 4.78 is 44.5. The second kappa shape index (κ2) is 8.64. The minimum Gasteiger partial charge on any atom is -0.501 e. The van der Waals surface area contributed by atoms with Gasteiger partial charge in [-0.05, 0) is 37.5 Å². The first-order chi connectivity index (χ1) is 13.0. The highest BCUT2D eigenvalue weighted by Crippen LogP contribution is 2.36. The smallest absolute Gasteiger partial charge is 0.419 e. The normalized spacial score (nSPS) is 12.1. The molecule has 0 aliphatic rings. The van der Waals surface area contributed by atoms with E-state index in [-0.39, 0.29) is 23.1 Å². The average Bonchev–Trinajstić information content (AvgIpc) is 2.77. The molecule has 0 aromatic carbocycles. The molecule has 2 aromatic rings. The molecule has 0 amide bonds. The van der Waals surface area contributed by atoms with Gasteiger partial charge in [-0.25, -0.2) is 4.98 Å². The summed E-state index contributed by atoms with van der Waals surface area (Å²) in [5, 5.41) is 19.8. The number of ether oxygens (including phenoxy) is 1. The molecule has 154 valence electrons. The SMILES string of the molecule is Cc1c(/C=C/OCCC(C)C)c(O)n(Nc2ccc(C(F)(F)F)c(Cl)n2)c1O. The highest BCUT2D eigenvalue weighted by atomic mass is 35.5. The number of aromatic hydroxyl groups is 2. The topological polar surface area (TPSA) is 79.5 Å². The lowest BCUT2D eigenvalue weighted by molar-refractivity contribution is -0.137. The standard InChI is InChI=1S/C18H21ClF3N3O3/c1-10(2)6-8-28-9-7-12-11(3)16(26)25(17(12)27)24-14-5-4-13(15(19)23-14)18(20,21)22/h4-5,7,9-10,26-27H,6,8H2,1-3H3,(H,23,24)/b9-7+. The lowest BCUT2D eigenvalue weighted by Gasteiger charge is -2.12. The minimum absolute atomic E-state index is 0.0951. The van der Waals surface area contributed by atoms with Crippen molar-refractivity contribution >= 4 is 23.5 Å². The third-order valence-electron chi connectivity index (χ3n) is 3.93. The molecule has 2 aromatic heterocycles. The largest absolute Gasteiger partial charge is 0.501 e. The molecule has 0 unspecified atom stereocenters. The summed E-state index contributed by atoms with van der Waals surface area (Å²) in [7, 11) is 0. The summed E-state index contributed by atoms with van der Waals surface area (Å²) in [5.41, 5.74) is 2.06. The van der Waals surface area contributed by atoms with Gasteiger partial charge in [0.25, 0.3) is 0 Å². The van der Waals surface area contributed by atoms with Crippen molar-refractivity contribution in [1.29, 1.82) is 0 Å². The minimum atomic E-state index is -4.63. The Balaban J connectivity index is 2.21. The first-order valence-corrected chi connectivity index (χ1v) is 8.82. The number of nitrogens with zero attached hydrogens (tertiary/aromatic N) is 2. The summed E-state index contributed by atoms with van der Waals surface area (Å²) in [4.78, 5) is 3.61. The van der Waals surface area contributed by atoms with Crippen molar-refractivity contribution in [2.24, 2.45) is 5.92 Å². The number of aromatic nitrogens is 2. The predicted octanol–water partition coefficient (Wildman–Crippen LogP) is 5.18. The van der Waals surface area contributed by atoms with Gasteiger partial charge in [0, 0.05) is 11.1 Å². The van der Waals surface area contributed by atoms with E-state index in [1.54, 1.807) is 6.92 Å². The van der Waals surface area contributed by atoms with E-state index in [2.05, 4.69) is 24.3 Å². The third kappa shape index (κ3) is 5.03. The molecule has 0 saturated carbocycles. The predicted molar refractivity (Wildman–Crippen MR) is 100 cm³/mol. The molecule has 10 heteroatoms. The first-order valence-electron chi connectivity index (χ1n) is 8.44. The van der Waals surface area contributed by atoms with Crippen molar-refractivity contribution in [2.75, 3.05) is 12.0 Å². The Kier molecular flexibility index (Phi) is 6.71. The van der Waals surface area contributed by atoms with Gasteiger partial charge in [-0.2, -0.15) is 17.8 Å². The molecule has 0 aliphatic carbocycles. The summed E-state index contributed by atoms with van der Waals surface area (Å²) in [5.74, 6) is -0.308. The number of alkyl halides is 3. The van der Waals surface area contributed by atoms with Gasteiger partial charge in [-0.1, -0.05) is 25.4 Å². The first kappa shape index (κ1) is 21.7. The van der Waals surface area contributed by atoms with Crippen molar-refractivity contribution in [2.45, 2.75) is 33.4 Å². The van der Waals surface area contributed by atoms with E-state index in [1.807, 2.05) is 0 Å². The molecule has 0 saturated heterocycles. The Morgan fingerprint density at radius 3 is 2.54 bits per heavy atom. The van der Waals surface area contributed by atoms with E-state index >= 15 is 0 Å². The number of hydrogen-bond donors (Lipinski definition) is 3. The van der Waals surface area contributed by atoms with Crippen LogP contribution in [0.25, 0.3) is 6.08 Å². The molecule has 0 bridgehead atoms. The zero-order valence-electron chi connectivity index (χ0n) is 15.5. The van der Waals surface area contributed by atoms with Crippen LogP contribution in [-0.2, 0) is 10.9 Å². The number of pyridine rings is 1. The van der Waals surface area contributed by atoms with Crippen LogP contribution in [0.15, 0.2) is 18.4 Å². The Hall–Kier alpha value is -2.55. The molecule has 3 N–H and O–H groups in total. The monoisotopic (exact) mass is 419 g/mol. The maximum atomic E-state index is 12.8. The van der Waals surface area contributed by atoms with Crippen LogP contribution in [0.3, 0.4) is 0 Å². The molecule has 2 heterocycles. The van der Waals surface area contributed by atoms with Crippen LogP contribution in [0.4, 0.5) is 19.0 Å². The third-order valence-corrected chi connectivity index (χ3v) is 4.22. The van der Waals surface area contributed by atoms with Gasteiger partial charge < -0.3 is 14.9 Å². The fourth-order valence-corrected chi connectivity index (χ4v) is 2.55. The Morgan fingerprint density at radius 1 is 1.29 bits per heavy atom. The molecule has 6 nitrogen and oxygen atoms in total. The maximum Gasteiger partial charge on any atom is 0.419 e. The maximum absolute atomic E-state index is 12.8. The van der Waals surface area contributed by atoms with Crippen molar-refractivity contribution in [1.82, 2.24) is 9.66 Å². The zero-order valence-corrected chi connectivity index (χ0v) is 16.3. The van der Waals surface area contributed by atoms with Crippen LogP contribution in [0.5, 0.6) is 11.8 Å². The second-order valence-electron chi connectivity index (χ2n) is 6.52. The Bertz CT molecular complexity index is 864. The van der Waals surface area contributed by atoms with E-state index in [9.17, 15) is 23.4 Å². The Morgan fingerprint density at radius 2 is 1.96 bits per heavy atom. The van der Waals surface area contributed by atoms with Crippen LogP contribution in [-0.4, -0.2) is 26.5 Å². The van der Waals surface area contributed by atoms with E-state index in [0.29, 0.717) is 18.1 Å². The van der Waals surface area contributed by atoms with Crippen LogP contribution in [0.2, 0.25) is 5.15 Å². The highest BCUT2D eigenvalue weighted by molar-refractivity contribution is 6.30. The molecular formula is C18H21ClF3N3O3. The number of anilines is 1. The van der Waals surface area contributed by atoms with Crippen LogP contribution >= 0.6 is 11.6 Å². The van der Waals surface area contributed by atoms with E-state index in [0.717, 1.165) is 23.2 Å². The quantitative estimate of drug-likeness (QED) is 0.327. The van der Waals surface area contributed by atoms with Crippen molar-refractivity contribution < 1.29 is 28.1 Å². The molecule has 0 spiro atoms. The number of rotatable bonds is 7. The number of hydrogen-bond acceptors (Lipinski definition) is 5. The Labute approximate surface area is 165 Å². The van der Waals surface area contributed by atoms with Gasteiger partial charge in [-0.3, -0.25) is 5.43 Å². The second-order valence-corrected chi connectivity index (χ2v) is 6.88. The van der Waals surface area contributed by atoms with Crippen molar-refractivity contribution in [3.63, 3.8) is 0 Å². The molecular weight excluding hydrogens is 399 g/mol. The van der Waals surface area contributed by atoms with E-state index < -0.39 is 16.9 Å². The molecule has 28 heavy (non-hydrogen) atoms. The fraction of sp³-hybridized carbons (Fsp3) is 0.389. The van der Waals surface area contributed by atoms with Gasteiger partial charge in [0.1, 0.15) is 11.0 Å². The van der Waals surface area contributed by atoms with Crippen molar-refractivity contribution in [3.05, 3.63) is 40.2 Å². The van der Waals surface area contributed by atoms with Crippen LogP contribution < -0.4 is 5.43 Å². The van der Waals surface area contributed by atoms with Crippen LogP contribution in [0.1, 0.15) is 37.0 Å². The zero-order chi connectivity index (χ0) is 21.1. The lowest BCUT2D eigenvalue weighted by atomic mass is 10.1. The fourth-order valence-electron chi connectivity index (χ4n) is 2.29. The molecule has 2 rings (SSSR count). The highest BCUT2D eigenvalue weighted by Gasteiger charge is 2.34. The van der Waals surface area contributed by atoms with Gasteiger partial charge in [-0.15, -0.1) is 0 Å². The van der Waals surface area contributed by atoms with E-state index in [1.165, 1.54) is 12.3 Å². The molecule has 0 fully saturated rings. The number of nitrogens with one attached hydrogen (secondary N) is 1. The van der Waals surface area contributed by atoms with Gasteiger partial charge in [0.05, 0.1) is 18.4 Å². The summed E-state index contributed by atoms with van der Waals surface area (Å²) in [6, 6.07) is 1.79. The van der Waals surface area contributed by atoms with Crippen LogP contribution in [0, 0.1) is 12.8 Å². The van der Waals surface area contributed by atoms with E-state index in [4.69, 9.17) is 16.3 Å². The summed E-state index contributed by atoms with van der Waals surface area (Å²) >= 11 is 5.58. The molecule has 0 atom stereocenters. The number of halogens is 4. The van der Waals surface area contributed by atoms with Crippen molar-refractivity contribution in [3.8, 4) is 11.8 Å². The summed E-state index contributed by atoms with van der Waals surface area (Å²) in [6.07, 6.45) is -0.883. The molecule has 0 radical (unpaired) electrons. The average molecular weight is 420 g/mol. The summed E-state index contributed by atoms with van der Waals surface area (Å²) in [6.45, 7) is 6.20. The van der Waals surface area contributed by atoms with Gasteiger partial charge in [0.2, 0.25) is 11.8 Å². The lowest BCUT2D eigenvalue weighted by Crippen LogP contribution is -2.12. The van der Waals surface area contributed by atoms with Gasteiger partial charge in [0.15, 0.2) is 0 Å². The van der Waals surface area contributed by atoms with Gasteiger partial charge >= 0.3 is 6.18 Å².